The Morgan fingerprint density at radius 1 is 1.22 bits per heavy atom. The van der Waals surface area contributed by atoms with Gasteiger partial charge in [0.05, 0.1) is 10.4 Å². The van der Waals surface area contributed by atoms with E-state index in [4.69, 9.17) is 16.3 Å². The van der Waals surface area contributed by atoms with Crippen LogP contribution < -0.4 is 5.32 Å². The number of halogens is 1. The molecular weight excluding hydrogens is 334 g/mol. The van der Waals surface area contributed by atoms with Crippen LogP contribution in [0.5, 0.6) is 0 Å². The van der Waals surface area contributed by atoms with Gasteiger partial charge in [0.2, 0.25) is 0 Å². The molecule has 0 aliphatic carbocycles. The summed E-state index contributed by atoms with van der Waals surface area (Å²) in [5, 5.41) is 2.82. The highest BCUT2D eigenvalue weighted by Gasteiger charge is 2.14. The Morgan fingerprint density at radius 2 is 1.96 bits per heavy atom. The first kappa shape index (κ1) is 17.5. The summed E-state index contributed by atoms with van der Waals surface area (Å²) >= 11 is 6.88. The van der Waals surface area contributed by atoms with Crippen LogP contribution in [0.25, 0.3) is 0 Å². The molecule has 0 fully saturated rings. The van der Waals surface area contributed by atoms with Crippen molar-refractivity contribution in [3.8, 4) is 0 Å². The smallest absolute Gasteiger partial charge is 0.348 e. The van der Waals surface area contributed by atoms with E-state index in [-0.39, 0.29) is 18.6 Å². The highest BCUT2D eigenvalue weighted by molar-refractivity contribution is 7.17. The first-order valence-corrected chi connectivity index (χ1v) is 8.35. The van der Waals surface area contributed by atoms with Gasteiger partial charge in [0.25, 0.3) is 5.91 Å². The zero-order valence-electron chi connectivity index (χ0n) is 13.2. The standard InChI is InChI=1S/C17H18ClNO3S/c1-10-4-5-13(8-11(10)2)12(3)19-16(20)9-22-17(21)14-6-7-15(18)23-14/h4-8,12H,9H2,1-3H3,(H,19,20)/t12-/m0/s1. The SMILES string of the molecule is Cc1ccc([C@H](C)NC(=O)COC(=O)c2ccc(Cl)s2)cc1C. The summed E-state index contributed by atoms with van der Waals surface area (Å²) in [5.74, 6) is -0.886. The molecule has 1 atom stereocenters. The lowest BCUT2D eigenvalue weighted by Crippen LogP contribution is -2.31. The van der Waals surface area contributed by atoms with Crippen molar-refractivity contribution in [3.05, 3.63) is 56.2 Å². The molecule has 0 radical (unpaired) electrons. The van der Waals surface area contributed by atoms with Gasteiger partial charge in [-0.3, -0.25) is 4.79 Å². The number of hydrogen-bond acceptors (Lipinski definition) is 4. The Morgan fingerprint density at radius 3 is 2.57 bits per heavy atom. The lowest BCUT2D eigenvalue weighted by Gasteiger charge is -2.15. The molecule has 0 aliphatic rings. The number of carbonyl (C=O) groups is 2. The summed E-state index contributed by atoms with van der Waals surface area (Å²) in [6.45, 7) is 5.65. The Hall–Kier alpha value is -1.85. The van der Waals surface area contributed by atoms with E-state index < -0.39 is 5.97 Å². The lowest BCUT2D eigenvalue weighted by atomic mass is 10.0. The Labute approximate surface area is 144 Å². The van der Waals surface area contributed by atoms with Crippen molar-refractivity contribution < 1.29 is 14.3 Å². The van der Waals surface area contributed by atoms with Crippen LogP contribution in [0.15, 0.2) is 30.3 Å². The Balaban J connectivity index is 1.86. The van der Waals surface area contributed by atoms with E-state index in [1.165, 1.54) is 11.1 Å². The second-order valence-electron chi connectivity index (χ2n) is 5.31. The van der Waals surface area contributed by atoms with Crippen LogP contribution >= 0.6 is 22.9 Å². The molecule has 122 valence electrons. The molecule has 1 aromatic carbocycles. The van der Waals surface area contributed by atoms with Crippen LogP contribution in [-0.2, 0) is 9.53 Å². The van der Waals surface area contributed by atoms with E-state index in [9.17, 15) is 9.59 Å². The van der Waals surface area contributed by atoms with Gasteiger partial charge >= 0.3 is 5.97 Å². The number of esters is 1. The number of hydrogen-bond donors (Lipinski definition) is 1. The third-order valence-electron chi connectivity index (χ3n) is 3.52. The summed E-state index contributed by atoms with van der Waals surface area (Å²) in [7, 11) is 0. The number of aryl methyl sites for hydroxylation is 2. The van der Waals surface area contributed by atoms with Gasteiger partial charge in [-0.15, -0.1) is 11.3 Å². The fourth-order valence-electron chi connectivity index (χ4n) is 2.03. The summed E-state index contributed by atoms with van der Waals surface area (Å²) in [5.41, 5.74) is 3.39. The van der Waals surface area contributed by atoms with Gasteiger partial charge in [0, 0.05) is 0 Å². The van der Waals surface area contributed by atoms with Gasteiger partial charge in [-0.2, -0.15) is 0 Å². The third kappa shape index (κ3) is 4.81. The van der Waals surface area contributed by atoms with Gasteiger partial charge in [-0.1, -0.05) is 29.8 Å². The molecule has 0 spiro atoms. The number of benzene rings is 1. The van der Waals surface area contributed by atoms with Crippen molar-refractivity contribution in [1.29, 1.82) is 0 Å². The fraction of sp³-hybridized carbons (Fsp3) is 0.294. The monoisotopic (exact) mass is 351 g/mol. The van der Waals surface area contributed by atoms with E-state index in [0.717, 1.165) is 16.9 Å². The molecule has 0 saturated heterocycles. The molecule has 0 bridgehead atoms. The maximum absolute atomic E-state index is 11.9. The van der Waals surface area contributed by atoms with Gasteiger partial charge in [-0.05, 0) is 49.6 Å². The van der Waals surface area contributed by atoms with Crippen molar-refractivity contribution in [2.45, 2.75) is 26.8 Å². The van der Waals surface area contributed by atoms with E-state index in [0.29, 0.717) is 9.21 Å². The van der Waals surface area contributed by atoms with Crippen molar-refractivity contribution >= 4 is 34.8 Å². The van der Waals surface area contributed by atoms with Crippen LogP contribution in [0.2, 0.25) is 4.34 Å². The van der Waals surface area contributed by atoms with Crippen LogP contribution in [0.3, 0.4) is 0 Å². The average Bonchev–Trinajstić information content (AvgIpc) is 2.94. The molecule has 0 unspecified atom stereocenters. The van der Waals surface area contributed by atoms with E-state index >= 15 is 0 Å². The molecule has 1 N–H and O–H groups in total. The Kier molecular flexibility index (Phi) is 5.80. The fourth-order valence-corrected chi connectivity index (χ4v) is 2.96. The predicted molar refractivity (Wildman–Crippen MR) is 92.1 cm³/mol. The van der Waals surface area contributed by atoms with E-state index in [1.807, 2.05) is 39.0 Å². The molecule has 6 heteroatoms. The summed E-state index contributed by atoms with van der Waals surface area (Å²) in [6.07, 6.45) is 0. The predicted octanol–water partition coefficient (Wildman–Crippen LogP) is 4.05. The lowest BCUT2D eigenvalue weighted by molar-refractivity contribution is -0.124. The number of carbonyl (C=O) groups excluding carboxylic acids is 2. The van der Waals surface area contributed by atoms with Gasteiger partial charge in [0.1, 0.15) is 4.88 Å². The minimum Gasteiger partial charge on any atom is -0.451 e. The normalized spacial score (nSPS) is 11.8. The van der Waals surface area contributed by atoms with Crippen LogP contribution in [0.1, 0.15) is 39.3 Å². The highest BCUT2D eigenvalue weighted by atomic mass is 35.5. The van der Waals surface area contributed by atoms with Crippen molar-refractivity contribution in [2.24, 2.45) is 0 Å². The Bertz CT molecular complexity index is 726. The van der Waals surface area contributed by atoms with Crippen LogP contribution in [-0.4, -0.2) is 18.5 Å². The quantitative estimate of drug-likeness (QED) is 0.827. The molecule has 0 saturated carbocycles. The van der Waals surface area contributed by atoms with Crippen molar-refractivity contribution in [2.75, 3.05) is 6.61 Å². The average molecular weight is 352 g/mol. The first-order chi connectivity index (χ1) is 10.9. The van der Waals surface area contributed by atoms with E-state index in [1.54, 1.807) is 12.1 Å². The third-order valence-corrected chi connectivity index (χ3v) is 4.73. The minimum atomic E-state index is -0.545. The molecule has 1 heterocycles. The molecule has 0 aliphatic heterocycles. The summed E-state index contributed by atoms with van der Waals surface area (Å²) in [6, 6.07) is 9.08. The molecule has 23 heavy (non-hydrogen) atoms. The second-order valence-corrected chi connectivity index (χ2v) is 7.03. The zero-order chi connectivity index (χ0) is 17.0. The molecular formula is C17H18ClNO3S. The van der Waals surface area contributed by atoms with Crippen molar-refractivity contribution in [1.82, 2.24) is 5.32 Å². The minimum absolute atomic E-state index is 0.156. The maximum Gasteiger partial charge on any atom is 0.348 e. The summed E-state index contributed by atoms with van der Waals surface area (Å²) in [4.78, 5) is 24.0. The molecule has 2 aromatic rings. The van der Waals surface area contributed by atoms with Crippen LogP contribution in [0, 0.1) is 13.8 Å². The molecule has 1 aromatic heterocycles. The number of amides is 1. The number of thiophene rings is 1. The summed E-state index contributed by atoms with van der Waals surface area (Å²) < 4.78 is 5.49. The molecule has 4 nitrogen and oxygen atoms in total. The molecule has 2 rings (SSSR count). The number of ether oxygens (including phenoxy) is 1. The topological polar surface area (TPSA) is 55.4 Å². The zero-order valence-corrected chi connectivity index (χ0v) is 14.8. The van der Waals surface area contributed by atoms with Crippen LogP contribution in [0.4, 0.5) is 0 Å². The van der Waals surface area contributed by atoms with Gasteiger partial charge in [0.15, 0.2) is 6.61 Å². The number of nitrogens with one attached hydrogen (secondary N) is 1. The number of rotatable bonds is 5. The highest BCUT2D eigenvalue weighted by Crippen LogP contribution is 2.22. The van der Waals surface area contributed by atoms with Gasteiger partial charge < -0.3 is 10.1 Å². The second kappa shape index (κ2) is 7.62. The van der Waals surface area contributed by atoms with Crippen molar-refractivity contribution in [3.63, 3.8) is 0 Å². The largest absolute Gasteiger partial charge is 0.451 e. The van der Waals surface area contributed by atoms with Gasteiger partial charge in [-0.25, -0.2) is 4.79 Å². The maximum atomic E-state index is 11.9. The first-order valence-electron chi connectivity index (χ1n) is 7.16. The van der Waals surface area contributed by atoms with E-state index in [2.05, 4.69) is 5.32 Å². The molecule has 1 amide bonds.